The molecule has 180 valence electrons. The molecule has 1 saturated heterocycles. The van der Waals surface area contributed by atoms with Gasteiger partial charge in [0.15, 0.2) is 11.5 Å². The molecule has 1 unspecified atom stereocenters. The fourth-order valence-corrected chi connectivity index (χ4v) is 4.90. The number of fused-ring (bicyclic) bond motifs is 1. The first-order chi connectivity index (χ1) is 16.5. The van der Waals surface area contributed by atoms with Gasteiger partial charge in [-0.1, -0.05) is 18.2 Å². The first-order valence-electron chi connectivity index (χ1n) is 11.6. The molecule has 34 heavy (non-hydrogen) atoms. The van der Waals surface area contributed by atoms with E-state index in [9.17, 15) is 14.7 Å². The molecule has 0 spiro atoms. The molecule has 2 aromatic carbocycles. The number of hydrogen-bond donors (Lipinski definition) is 1. The molecule has 1 amide bonds. The number of rotatable bonds is 8. The first kappa shape index (κ1) is 23.8. The number of carbonyl (C=O) groups is 2. The van der Waals surface area contributed by atoms with Gasteiger partial charge in [-0.25, -0.2) is 0 Å². The Balaban J connectivity index is 1.83. The van der Waals surface area contributed by atoms with Crippen molar-refractivity contribution in [3.05, 3.63) is 64.2 Å². The molecular formula is C27H31NO6. The number of Topliss-reactive ketones (excluding diaryl/α,β-unsaturated/α-hetero) is 1. The molecule has 1 atom stereocenters. The normalized spacial score (nSPS) is 19.3. The summed E-state index contributed by atoms with van der Waals surface area (Å²) in [5.74, 6) is -0.447. The van der Waals surface area contributed by atoms with E-state index in [1.165, 1.54) is 23.1 Å². The Morgan fingerprint density at radius 3 is 2.41 bits per heavy atom. The average Bonchev–Trinajstić information content (AvgIpc) is 3.12. The Bertz CT molecular complexity index is 1120. The molecular weight excluding hydrogens is 434 g/mol. The van der Waals surface area contributed by atoms with Crippen LogP contribution in [0.1, 0.15) is 47.6 Å². The van der Waals surface area contributed by atoms with Crippen molar-refractivity contribution >= 4 is 17.4 Å². The topological polar surface area (TPSA) is 85.3 Å². The zero-order valence-corrected chi connectivity index (χ0v) is 19.9. The van der Waals surface area contributed by atoms with Gasteiger partial charge < -0.3 is 24.2 Å². The highest BCUT2D eigenvalue weighted by molar-refractivity contribution is 6.46. The van der Waals surface area contributed by atoms with Gasteiger partial charge in [0.25, 0.3) is 11.7 Å². The molecule has 1 aliphatic heterocycles. The summed E-state index contributed by atoms with van der Waals surface area (Å²) in [6, 6.07) is 10.3. The number of ether oxygens (including phenoxy) is 3. The molecule has 4 rings (SSSR count). The fourth-order valence-electron chi connectivity index (χ4n) is 4.90. The van der Waals surface area contributed by atoms with Crippen LogP contribution in [0.15, 0.2) is 42.0 Å². The summed E-state index contributed by atoms with van der Waals surface area (Å²) in [4.78, 5) is 27.8. The maximum atomic E-state index is 13.2. The number of methoxy groups -OCH3 is 3. The molecule has 2 aromatic rings. The van der Waals surface area contributed by atoms with Gasteiger partial charge in [0, 0.05) is 25.8 Å². The van der Waals surface area contributed by atoms with Crippen molar-refractivity contribution in [2.75, 3.05) is 34.5 Å². The monoisotopic (exact) mass is 465 g/mol. The van der Waals surface area contributed by atoms with Crippen LogP contribution in [0.4, 0.5) is 0 Å². The molecule has 1 heterocycles. The smallest absolute Gasteiger partial charge is 0.295 e. The maximum absolute atomic E-state index is 13.2. The van der Waals surface area contributed by atoms with E-state index >= 15 is 0 Å². The lowest BCUT2D eigenvalue weighted by atomic mass is 9.88. The number of aliphatic hydroxyl groups excluding tert-OH is 1. The number of amides is 1. The van der Waals surface area contributed by atoms with E-state index < -0.39 is 17.7 Å². The van der Waals surface area contributed by atoms with Gasteiger partial charge in [-0.2, -0.15) is 0 Å². The molecule has 1 N–H and O–H groups in total. The molecule has 7 heteroatoms. The number of ketones is 1. The number of likely N-dealkylation sites (tertiary alicyclic amines) is 1. The highest BCUT2D eigenvalue weighted by Gasteiger charge is 2.46. The zero-order valence-electron chi connectivity index (χ0n) is 19.9. The summed E-state index contributed by atoms with van der Waals surface area (Å²) < 4.78 is 16.0. The van der Waals surface area contributed by atoms with Crippen LogP contribution < -0.4 is 9.47 Å². The van der Waals surface area contributed by atoms with E-state index in [2.05, 4.69) is 0 Å². The van der Waals surface area contributed by atoms with Crippen molar-refractivity contribution in [1.29, 1.82) is 0 Å². The van der Waals surface area contributed by atoms with E-state index in [4.69, 9.17) is 14.2 Å². The van der Waals surface area contributed by atoms with Gasteiger partial charge in [0.2, 0.25) is 0 Å². The Kier molecular flexibility index (Phi) is 7.22. The third kappa shape index (κ3) is 4.40. The Hall–Kier alpha value is -3.32. The molecule has 2 aliphatic rings. The molecule has 0 radical (unpaired) electrons. The predicted molar refractivity (Wildman–Crippen MR) is 128 cm³/mol. The Morgan fingerprint density at radius 1 is 0.971 bits per heavy atom. The molecule has 1 fully saturated rings. The minimum absolute atomic E-state index is 0.0883. The van der Waals surface area contributed by atoms with Crippen molar-refractivity contribution in [3.63, 3.8) is 0 Å². The second-order valence-electron chi connectivity index (χ2n) is 8.64. The van der Waals surface area contributed by atoms with E-state index in [1.54, 1.807) is 32.4 Å². The number of hydrogen-bond acceptors (Lipinski definition) is 6. The highest BCUT2D eigenvalue weighted by Crippen LogP contribution is 2.42. The zero-order chi connectivity index (χ0) is 24.2. The molecule has 0 aromatic heterocycles. The molecule has 1 aliphatic carbocycles. The standard InChI is InChI=1S/C27H31NO6/c1-32-14-6-13-28-24(19-11-12-21(33-2)22(16-19)34-3)23(26(30)27(28)31)25(29)20-10-9-17-7-4-5-8-18(17)15-20/h9-12,15-16,24,29H,4-8,13-14H2,1-3H3/b25-23+. The molecule has 0 saturated carbocycles. The van der Waals surface area contributed by atoms with Crippen LogP contribution >= 0.6 is 0 Å². The number of nitrogens with zero attached hydrogens (tertiary/aromatic N) is 1. The molecule has 7 nitrogen and oxygen atoms in total. The quantitative estimate of drug-likeness (QED) is 0.274. The average molecular weight is 466 g/mol. The largest absolute Gasteiger partial charge is 0.507 e. The predicted octanol–water partition coefficient (Wildman–Crippen LogP) is 4.04. The van der Waals surface area contributed by atoms with Crippen LogP contribution in [-0.4, -0.2) is 56.2 Å². The minimum atomic E-state index is -0.743. The summed E-state index contributed by atoms with van der Waals surface area (Å²) in [6.07, 6.45) is 4.79. The third-order valence-corrected chi connectivity index (χ3v) is 6.63. The van der Waals surface area contributed by atoms with Gasteiger partial charge in [-0.05, 0) is 67.0 Å². The summed E-state index contributed by atoms with van der Waals surface area (Å²) >= 11 is 0. The number of carbonyl (C=O) groups excluding carboxylic acids is 2. The number of aliphatic hydroxyl groups is 1. The van der Waals surface area contributed by atoms with Crippen LogP contribution in [-0.2, 0) is 27.2 Å². The number of benzene rings is 2. The first-order valence-corrected chi connectivity index (χ1v) is 11.6. The van der Waals surface area contributed by atoms with Crippen molar-refractivity contribution in [2.45, 2.75) is 38.1 Å². The Labute approximate surface area is 199 Å². The summed E-state index contributed by atoms with van der Waals surface area (Å²) in [6.45, 7) is 0.769. The van der Waals surface area contributed by atoms with Crippen molar-refractivity contribution < 1.29 is 28.9 Å². The van der Waals surface area contributed by atoms with Gasteiger partial charge in [-0.3, -0.25) is 9.59 Å². The van der Waals surface area contributed by atoms with Crippen LogP contribution in [0.3, 0.4) is 0 Å². The second-order valence-corrected chi connectivity index (χ2v) is 8.64. The van der Waals surface area contributed by atoms with E-state index in [-0.39, 0.29) is 11.3 Å². The van der Waals surface area contributed by atoms with Crippen molar-refractivity contribution in [1.82, 2.24) is 4.90 Å². The van der Waals surface area contributed by atoms with Crippen LogP contribution in [0.2, 0.25) is 0 Å². The van der Waals surface area contributed by atoms with Gasteiger partial charge in [0.1, 0.15) is 5.76 Å². The van der Waals surface area contributed by atoms with Crippen LogP contribution in [0, 0.1) is 0 Å². The second kappa shape index (κ2) is 10.3. The maximum Gasteiger partial charge on any atom is 0.295 e. The lowest BCUT2D eigenvalue weighted by molar-refractivity contribution is -0.140. The van der Waals surface area contributed by atoms with E-state index in [0.717, 1.165) is 25.7 Å². The Morgan fingerprint density at radius 2 is 1.71 bits per heavy atom. The summed E-state index contributed by atoms with van der Waals surface area (Å²) in [5, 5.41) is 11.4. The fraction of sp³-hybridized carbons (Fsp3) is 0.407. The highest BCUT2D eigenvalue weighted by atomic mass is 16.5. The molecule has 0 bridgehead atoms. The lowest BCUT2D eigenvalue weighted by Crippen LogP contribution is -2.31. The van der Waals surface area contributed by atoms with Crippen LogP contribution in [0.25, 0.3) is 5.76 Å². The lowest BCUT2D eigenvalue weighted by Gasteiger charge is -2.26. The third-order valence-electron chi connectivity index (χ3n) is 6.63. The SMILES string of the molecule is COCCCN1C(=O)C(=O)/C(=C(/O)c2ccc3c(c2)CCCC3)C1c1ccc(OC)c(OC)c1. The van der Waals surface area contributed by atoms with E-state index in [0.29, 0.717) is 42.2 Å². The summed E-state index contributed by atoms with van der Waals surface area (Å²) in [5.41, 5.74) is 3.77. The van der Waals surface area contributed by atoms with E-state index in [1.807, 2.05) is 18.2 Å². The summed E-state index contributed by atoms with van der Waals surface area (Å²) in [7, 11) is 4.67. The number of aryl methyl sites for hydroxylation is 2. The van der Waals surface area contributed by atoms with Gasteiger partial charge >= 0.3 is 0 Å². The van der Waals surface area contributed by atoms with Gasteiger partial charge in [0.05, 0.1) is 25.8 Å². The van der Waals surface area contributed by atoms with Gasteiger partial charge in [-0.15, -0.1) is 0 Å². The van der Waals surface area contributed by atoms with Crippen LogP contribution in [0.5, 0.6) is 11.5 Å². The minimum Gasteiger partial charge on any atom is -0.507 e. The van der Waals surface area contributed by atoms with Crippen molar-refractivity contribution in [3.8, 4) is 11.5 Å². The van der Waals surface area contributed by atoms with Crippen molar-refractivity contribution in [2.24, 2.45) is 0 Å².